The molecule has 0 heterocycles. The van der Waals surface area contributed by atoms with Gasteiger partial charge in [0.15, 0.2) is 0 Å². The van der Waals surface area contributed by atoms with Crippen molar-refractivity contribution in [1.29, 1.82) is 5.26 Å². The third kappa shape index (κ3) is 6.37. The quantitative estimate of drug-likeness (QED) is 0.661. The number of rotatable bonds is 8. The zero-order chi connectivity index (χ0) is 19.6. The first-order valence-electron chi connectivity index (χ1n) is 8.47. The van der Waals surface area contributed by atoms with Gasteiger partial charge >= 0.3 is 6.09 Å². The van der Waals surface area contributed by atoms with Gasteiger partial charge in [-0.3, -0.25) is 0 Å². The van der Waals surface area contributed by atoms with Crippen molar-refractivity contribution in [2.75, 3.05) is 6.54 Å². The van der Waals surface area contributed by atoms with Gasteiger partial charge < -0.3 is 20.3 Å². The van der Waals surface area contributed by atoms with Crippen molar-refractivity contribution in [3.63, 3.8) is 0 Å². The van der Waals surface area contributed by atoms with Crippen molar-refractivity contribution in [3.8, 4) is 6.07 Å². The van der Waals surface area contributed by atoms with Gasteiger partial charge in [0.2, 0.25) is 0 Å². The summed E-state index contributed by atoms with van der Waals surface area (Å²) in [4.78, 5) is 11.6. The SMILES string of the molecule is N#CCc1cc(C(O)C(O)CCNC(=O)OCc2ccccc2)ccc1F. The van der Waals surface area contributed by atoms with Crippen LogP contribution in [0.3, 0.4) is 0 Å². The Hall–Kier alpha value is -2.95. The van der Waals surface area contributed by atoms with Gasteiger partial charge in [0, 0.05) is 12.1 Å². The molecule has 6 nitrogen and oxygen atoms in total. The highest BCUT2D eigenvalue weighted by atomic mass is 19.1. The summed E-state index contributed by atoms with van der Waals surface area (Å²) in [5.41, 5.74) is 1.32. The molecular formula is C20H21FN2O4. The third-order valence-corrected chi connectivity index (χ3v) is 3.97. The van der Waals surface area contributed by atoms with E-state index < -0.39 is 24.1 Å². The van der Waals surface area contributed by atoms with Gasteiger partial charge in [-0.2, -0.15) is 5.26 Å². The van der Waals surface area contributed by atoms with Crippen molar-refractivity contribution in [1.82, 2.24) is 5.32 Å². The van der Waals surface area contributed by atoms with Gasteiger partial charge in [-0.25, -0.2) is 9.18 Å². The van der Waals surface area contributed by atoms with Crippen LogP contribution in [0.25, 0.3) is 0 Å². The van der Waals surface area contributed by atoms with E-state index in [1.807, 2.05) is 36.4 Å². The summed E-state index contributed by atoms with van der Waals surface area (Å²) in [6.07, 6.45) is -3.10. The molecule has 0 radical (unpaired) electrons. The second-order valence-corrected chi connectivity index (χ2v) is 5.98. The van der Waals surface area contributed by atoms with Crippen molar-refractivity contribution in [3.05, 3.63) is 71.0 Å². The minimum atomic E-state index is -1.26. The van der Waals surface area contributed by atoms with E-state index >= 15 is 0 Å². The molecular weight excluding hydrogens is 351 g/mol. The number of aliphatic hydroxyl groups excluding tert-OH is 2. The molecule has 1 amide bonds. The minimum Gasteiger partial charge on any atom is -0.445 e. The topological polar surface area (TPSA) is 103 Å². The van der Waals surface area contributed by atoms with Crippen molar-refractivity contribution < 1.29 is 24.1 Å². The molecule has 2 atom stereocenters. The van der Waals surface area contributed by atoms with Gasteiger partial charge in [0.05, 0.1) is 18.6 Å². The molecule has 0 fully saturated rings. The lowest BCUT2D eigenvalue weighted by molar-refractivity contribution is 0.0135. The number of carbonyl (C=O) groups is 1. The molecule has 0 aromatic heterocycles. The number of aliphatic hydroxyl groups is 2. The van der Waals surface area contributed by atoms with Crippen LogP contribution in [-0.4, -0.2) is 29.0 Å². The summed E-state index contributed by atoms with van der Waals surface area (Å²) in [5.74, 6) is -0.537. The van der Waals surface area contributed by atoms with Gasteiger partial charge in [-0.15, -0.1) is 0 Å². The fraction of sp³-hybridized carbons (Fsp3) is 0.300. The van der Waals surface area contributed by atoms with E-state index in [0.29, 0.717) is 5.56 Å². The number of amides is 1. The number of hydrogen-bond acceptors (Lipinski definition) is 5. The maximum Gasteiger partial charge on any atom is 0.407 e. The molecule has 3 N–H and O–H groups in total. The summed E-state index contributed by atoms with van der Waals surface area (Å²) >= 11 is 0. The van der Waals surface area contributed by atoms with Crippen LogP contribution in [0.5, 0.6) is 0 Å². The normalized spacial score (nSPS) is 12.7. The molecule has 0 spiro atoms. The smallest absolute Gasteiger partial charge is 0.407 e. The van der Waals surface area contributed by atoms with Crippen LogP contribution in [-0.2, 0) is 17.8 Å². The molecule has 27 heavy (non-hydrogen) atoms. The van der Waals surface area contributed by atoms with E-state index in [2.05, 4.69) is 5.32 Å². The van der Waals surface area contributed by atoms with Crippen LogP contribution in [0.15, 0.2) is 48.5 Å². The Morgan fingerprint density at radius 1 is 1.22 bits per heavy atom. The van der Waals surface area contributed by atoms with Gasteiger partial charge in [-0.1, -0.05) is 36.4 Å². The molecule has 2 aromatic carbocycles. The lowest BCUT2D eigenvalue weighted by atomic mass is 9.99. The number of ether oxygens (including phenoxy) is 1. The first kappa shape index (κ1) is 20.4. The Bertz CT molecular complexity index is 792. The summed E-state index contributed by atoms with van der Waals surface area (Å²) < 4.78 is 18.6. The Morgan fingerprint density at radius 3 is 2.67 bits per heavy atom. The number of nitrogens with one attached hydrogen (secondary N) is 1. The summed E-state index contributed by atoms with van der Waals surface area (Å²) in [6, 6.07) is 14.9. The van der Waals surface area contributed by atoms with Gasteiger partial charge in [0.1, 0.15) is 18.5 Å². The lowest BCUT2D eigenvalue weighted by Gasteiger charge is -2.19. The molecule has 0 bridgehead atoms. The van der Waals surface area contributed by atoms with Gasteiger partial charge in [0.25, 0.3) is 0 Å². The minimum absolute atomic E-state index is 0.0760. The van der Waals surface area contributed by atoms with Crippen LogP contribution in [0.2, 0.25) is 0 Å². The zero-order valence-electron chi connectivity index (χ0n) is 14.6. The molecule has 0 aliphatic rings. The number of carbonyl (C=O) groups excluding carboxylic acids is 1. The first-order chi connectivity index (χ1) is 13.0. The number of nitriles is 1. The lowest BCUT2D eigenvalue weighted by Crippen LogP contribution is -2.29. The second-order valence-electron chi connectivity index (χ2n) is 5.98. The maximum absolute atomic E-state index is 13.6. The maximum atomic E-state index is 13.6. The van der Waals surface area contributed by atoms with Crippen molar-refractivity contribution in [2.24, 2.45) is 0 Å². The Labute approximate surface area is 156 Å². The van der Waals surface area contributed by atoms with Crippen LogP contribution in [0, 0.1) is 17.1 Å². The molecule has 0 aliphatic heterocycles. The predicted octanol–water partition coefficient (Wildman–Crippen LogP) is 2.60. The van der Waals surface area contributed by atoms with Crippen molar-refractivity contribution in [2.45, 2.75) is 31.7 Å². The summed E-state index contributed by atoms with van der Waals surface area (Å²) in [6.45, 7) is 0.229. The average Bonchev–Trinajstić information content (AvgIpc) is 2.68. The molecule has 7 heteroatoms. The number of benzene rings is 2. The van der Waals surface area contributed by atoms with E-state index in [-0.39, 0.29) is 31.6 Å². The number of nitrogens with zero attached hydrogens (tertiary/aromatic N) is 1. The van der Waals surface area contributed by atoms with E-state index in [1.54, 1.807) is 0 Å². The average molecular weight is 372 g/mol. The number of hydrogen-bond donors (Lipinski definition) is 3. The largest absolute Gasteiger partial charge is 0.445 e. The Kier molecular flexibility index (Phi) is 7.74. The monoisotopic (exact) mass is 372 g/mol. The van der Waals surface area contributed by atoms with Crippen LogP contribution < -0.4 is 5.32 Å². The van der Waals surface area contributed by atoms with Crippen LogP contribution in [0.1, 0.15) is 29.2 Å². The van der Waals surface area contributed by atoms with Crippen molar-refractivity contribution >= 4 is 6.09 Å². The van der Waals surface area contributed by atoms with E-state index in [0.717, 1.165) is 11.6 Å². The van der Waals surface area contributed by atoms with Gasteiger partial charge in [-0.05, 0) is 29.7 Å². The molecule has 0 saturated carbocycles. The Balaban J connectivity index is 1.77. The second kappa shape index (κ2) is 10.3. The van der Waals surface area contributed by atoms with Crippen LogP contribution >= 0.6 is 0 Å². The zero-order valence-corrected chi connectivity index (χ0v) is 14.6. The van der Waals surface area contributed by atoms with E-state index in [9.17, 15) is 19.4 Å². The fourth-order valence-corrected chi connectivity index (χ4v) is 2.48. The molecule has 2 rings (SSSR count). The van der Waals surface area contributed by atoms with E-state index in [1.165, 1.54) is 12.1 Å². The molecule has 0 saturated heterocycles. The highest BCUT2D eigenvalue weighted by Gasteiger charge is 2.19. The molecule has 142 valence electrons. The standard InChI is InChI=1S/C20H21FN2O4/c21-17-7-6-16(12-15(17)8-10-22)19(25)18(24)9-11-23-20(26)27-13-14-4-2-1-3-5-14/h1-7,12,18-19,24-25H,8-9,11,13H2,(H,23,26). The van der Waals surface area contributed by atoms with Crippen LogP contribution in [0.4, 0.5) is 9.18 Å². The predicted molar refractivity (Wildman–Crippen MR) is 95.9 cm³/mol. The molecule has 2 aromatic rings. The fourth-order valence-electron chi connectivity index (χ4n) is 2.48. The number of alkyl carbamates (subject to hydrolysis) is 1. The summed E-state index contributed by atoms with van der Waals surface area (Å²) in [5, 5.41) is 31.5. The highest BCUT2D eigenvalue weighted by molar-refractivity contribution is 5.67. The van der Waals surface area contributed by atoms with E-state index in [4.69, 9.17) is 10.00 Å². The first-order valence-corrected chi connectivity index (χ1v) is 8.47. The third-order valence-electron chi connectivity index (χ3n) is 3.97. The molecule has 0 aliphatic carbocycles. The highest BCUT2D eigenvalue weighted by Crippen LogP contribution is 2.21. The Morgan fingerprint density at radius 2 is 1.96 bits per heavy atom. The molecule has 2 unspecified atom stereocenters. The number of halogens is 1. The summed E-state index contributed by atoms with van der Waals surface area (Å²) in [7, 11) is 0.